The summed E-state index contributed by atoms with van der Waals surface area (Å²) < 4.78 is 0. The highest BCUT2D eigenvalue weighted by molar-refractivity contribution is 5.95. The van der Waals surface area contributed by atoms with Gasteiger partial charge in [-0.15, -0.1) is 0 Å². The Bertz CT molecular complexity index is 488. The van der Waals surface area contributed by atoms with E-state index in [0.29, 0.717) is 24.4 Å². The first-order valence-corrected chi connectivity index (χ1v) is 8.18. The van der Waals surface area contributed by atoms with Gasteiger partial charge in [0, 0.05) is 23.8 Å². The summed E-state index contributed by atoms with van der Waals surface area (Å²) in [5, 5.41) is 6.57. The molecule has 1 aromatic carbocycles. The van der Waals surface area contributed by atoms with E-state index in [1.165, 1.54) is 24.8 Å². The van der Waals surface area contributed by atoms with E-state index in [9.17, 15) is 4.79 Å². The maximum Gasteiger partial charge on any atom is 0.251 e. The van der Waals surface area contributed by atoms with Gasteiger partial charge in [-0.1, -0.05) is 26.3 Å². The van der Waals surface area contributed by atoms with E-state index in [1.54, 1.807) is 0 Å². The second-order valence-electron chi connectivity index (χ2n) is 6.44. The van der Waals surface area contributed by atoms with Gasteiger partial charge >= 0.3 is 0 Å². The first-order chi connectivity index (χ1) is 10.0. The van der Waals surface area contributed by atoms with Gasteiger partial charge in [0.15, 0.2) is 0 Å². The minimum atomic E-state index is 0.00490. The maximum atomic E-state index is 12.0. The summed E-state index contributed by atoms with van der Waals surface area (Å²) in [6.45, 7) is 9.36. The molecule has 0 bridgehead atoms. The number of aryl methyl sites for hydroxylation is 1. The fraction of sp³-hybridized carbons (Fsp3) is 0.611. The number of carbonyl (C=O) groups is 1. The minimum Gasteiger partial charge on any atom is -0.382 e. The van der Waals surface area contributed by atoms with Crippen LogP contribution >= 0.6 is 0 Å². The lowest BCUT2D eigenvalue weighted by Gasteiger charge is -2.36. The van der Waals surface area contributed by atoms with Crippen molar-refractivity contribution in [2.24, 2.45) is 11.8 Å². The number of hydrogen-bond donors (Lipinski definition) is 2. The SMILES string of the molecule is CCNC(=O)c1ccc(C)c(NC2C(C)CCCC2C)c1. The highest BCUT2D eigenvalue weighted by Gasteiger charge is 2.27. The maximum absolute atomic E-state index is 12.0. The quantitative estimate of drug-likeness (QED) is 0.880. The molecular weight excluding hydrogens is 260 g/mol. The second kappa shape index (κ2) is 6.97. The molecule has 21 heavy (non-hydrogen) atoms. The summed E-state index contributed by atoms with van der Waals surface area (Å²) in [6, 6.07) is 6.43. The standard InChI is InChI=1S/C18H28N2O/c1-5-19-18(21)15-10-9-12(2)16(11-15)20-17-13(3)7-6-8-14(17)4/h9-11,13-14,17,20H,5-8H2,1-4H3,(H,19,21). The summed E-state index contributed by atoms with van der Waals surface area (Å²) in [5.41, 5.74) is 3.04. The van der Waals surface area contributed by atoms with Gasteiger partial charge in [0.2, 0.25) is 0 Å². The topological polar surface area (TPSA) is 41.1 Å². The number of hydrogen-bond acceptors (Lipinski definition) is 2. The first kappa shape index (κ1) is 15.9. The molecule has 0 aliphatic heterocycles. The van der Waals surface area contributed by atoms with Crippen molar-refractivity contribution in [2.45, 2.75) is 53.0 Å². The number of nitrogens with one attached hydrogen (secondary N) is 2. The third kappa shape index (κ3) is 3.78. The molecule has 1 aromatic rings. The molecule has 116 valence electrons. The van der Waals surface area contributed by atoms with Gasteiger partial charge in [-0.25, -0.2) is 0 Å². The molecule has 1 amide bonds. The largest absolute Gasteiger partial charge is 0.382 e. The van der Waals surface area contributed by atoms with Crippen molar-refractivity contribution in [3.63, 3.8) is 0 Å². The Kier molecular flexibility index (Phi) is 5.27. The lowest BCUT2D eigenvalue weighted by molar-refractivity contribution is 0.0956. The van der Waals surface area contributed by atoms with E-state index in [-0.39, 0.29) is 5.91 Å². The highest BCUT2D eigenvalue weighted by Crippen LogP contribution is 2.32. The van der Waals surface area contributed by atoms with Gasteiger partial charge in [0.1, 0.15) is 0 Å². The van der Waals surface area contributed by atoms with Gasteiger partial charge in [-0.3, -0.25) is 4.79 Å². The normalized spacial score (nSPS) is 25.4. The summed E-state index contributed by atoms with van der Waals surface area (Å²) in [6.07, 6.45) is 3.91. The van der Waals surface area contributed by atoms with Gasteiger partial charge < -0.3 is 10.6 Å². The Morgan fingerprint density at radius 1 is 1.24 bits per heavy atom. The number of rotatable bonds is 4. The number of carbonyl (C=O) groups excluding carboxylic acids is 1. The number of benzene rings is 1. The van der Waals surface area contributed by atoms with Crippen LogP contribution < -0.4 is 10.6 Å². The zero-order valence-corrected chi connectivity index (χ0v) is 13.7. The van der Waals surface area contributed by atoms with Crippen LogP contribution in [-0.2, 0) is 0 Å². The summed E-state index contributed by atoms with van der Waals surface area (Å²) in [7, 11) is 0. The number of anilines is 1. The van der Waals surface area contributed by atoms with Crippen LogP contribution in [0.15, 0.2) is 18.2 Å². The Morgan fingerprint density at radius 3 is 2.52 bits per heavy atom. The third-order valence-electron chi connectivity index (χ3n) is 4.70. The number of amides is 1. The van der Waals surface area contributed by atoms with Crippen molar-refractivity contribution in [2.75, 3.05) is 11.9 Å². The molecule has 0 saturated heterocycles. The van der Waals surface area contributed by atoms with Crippen LogP contribution in [0.5, 0.6) is 0 Å². The monoisotopic (exact) mass is 288 g/mol. The van der Waals surface area contributed by atoms with Gasteiger partial charge in [-0.2, -0.15) is 0 Å². The minimum absolute atomic E-state index is 0.00490. The van der Waals surface area contributed by atoms with Crippen LogP contribution in [0.3, 0.4) is 0 Å². The second-order valence-corrected chi connectivity index (χ2v) is 6.44. The lowest BCUT2D eigenvalue weighted by Crippen LogP contribution is -2.37. The predicted octanol–water partition coefficient (Wildman–Crippen LogP) is 3.98. The summed E-state index contributed by atoms with van der Waals surface area (Å²) in [5.74, 6) is 1.37. The van der Waals surface area contributed by atoms with Crippen molar-refractivity contribution in [3.8, 4) is 0 Å². The zero-order chi connectivity index (χ0) is 15.4. The van der Waals surface area contributed by atoms with Crippen LogP contribution in [0.4, 0.5) is 5.69 Å². The van der Waals surface area contributed by atoms with Crippen LogP contribution in [0.25, 0.3) is 0 Å². The van der Waals surface area contributed by atoms with E-state index in [0.717, 1.165) is 11.3 Å². The molecule has 1 fully saturated rings. The van der Waals surface area contributed by atoms with E-state index >= 15 is 0 Å². The molecule has 3 nitrogen and oxygen atoms in total. The van der Waals surface area contributed by atoms with Gasteiger partial charge in [0.05, 0.1) is 0 Å². The molecule has 0 spiro atoms. The average Bonchev–Trinajstić information content (AvgIpc) is 2.45. The van der Waals surface area contributed by atoms with Crippen molar-refractivity contribution < 1.29 is 4.79 Å². The fourth-order valence-corrected chi connectivity index (χ4v) is 3.33. The van der Waals surface area contributed by atoms with E-state index < -0.39 is 0 Å². The molecule has 0 aromatic heterocycles. The van der Waals surface area contributed by atoms with Crippen LogP contribution in [0, 0.1) is 18.8 Å². The van der Waals surface area contributed by atoms with Crippen molar-refractivity contribution >= 4 is 11.6 Å². The van der Waals surface area contributed by atoms with Gasteiger partial charge in [0.25, 0.3) is 5.91 Å². The Morgan fingerprint density at radius 2 is 1.90 bits per heavy atom. The van der Waals surface area contributed by atoms with Crippen molar-refractivity contribution in [3.05, 3.63) is 29.3 Å². The predicted molar refractivity (Wildman–Crippen MR) is 88.8 cm³/mol. The molecular formula is C18H28N2O. The molecule has 2 atom stereocenters. The molecule has 3 heteroatoms. The Labute approximate surface area is 128 Å². The first-order valence-electron chi connectivity index (χ1n) is 8.18. The molecule has 1 saturated carbocycles. The average molecular weight is 288 g/mol. The zero-order valence-electron chi connectivity index (χ0n) is 13.7. The molecule has 0 heterocycles. The Hall–Kier alpha value is -1.51. The van der Waals surface area contributed by atoms with Crippen molar-refractivity contribution in [1.82, 2.24) is 5.32 Å². The Balaban J connectivity index is 2.18. The smallest absolute Gasteiger partial charge is 0.251 e. The molecule has 2 rings (SSSR count). The molecule has 2 N–H and O–H groups in total. The van der Waals surface area contributed by atoms with E-state index in [1.807, 2.05) is 25.1 Å². The van der Waals surface area contributed by atoms with Crippen LogP contribution in [0.2, 0.25) is 0 Å². The fourth-order valence-electron chi connectivity index (χ4n) is 3.33. The molecule has 1 aliphatic rings. The van der Waals surface area contributed by atoms with E-state index in [2.05, 4.69) is 31.4 Å². The van der Waals surface area contributed by atoms with Crippen molar-refractivity contribution in [1.29, 1.82) is 0 Å². The van der Waals surface area contributed by atoms with E-state index in [4.69, 9.17) is 0 Å². The van der Waals surface area contributed by atoms with Crippen LogP contribution in [-0.4, -0.2) is 18.5 Å². The third-order valence-corrected chi connectivity index (χ3v) is 4.70. The molecule has 0 radical (unpaired) electrons. The molecule has 2 unspecified atom stereocenters. The highest BCUT2D eigenvalue weighted by atomic mass is 16.1. The summed E-state index contributed by atoms with van der Waals surface area (Å²) in [4.78, 5) is 12.0. The van der Waals surface area contributed by atoms with Crippen LogP contribution in [0.1, 0.15) is 56.0 Å². The van der Waals surface area contributed by atoms with Gasteiger partial charge in [-0.05, 0) is 56.2 Å². The molecule has 1 aliphatic carbocycles. The summed E-state index contributed by atoms with van der Waals surface area (Å²) >= 11 is 0. The lowest BCUT2D eigenvalue weighted by atomic mass is 9.78.